The van der Waals surface area contributed by atoms with Crippen LogP contribution in [0.1, 0.15) is 58.3 Å². The molecule has 0 spiro atoms. The van der Waals surface area contributed by atoms with Crippen LogP contribution in [0, 0.1) is 11.7 Å². The number of hydrogen-bond donors (Lipinski definition) is 5. The molecule has 5 amide bonds. The molecule has 36 heavy (non-hydrogen) atoms. The highest BCUT2D eigenvalue weighted by Gasteiger charge is 2.39. The molecule has 4 atom stereocenters. The van der Waals surface area contributed by atoms with E-state index >= 15 is 0 Å². The Bertz CT molecular complexity index is 953. The van der Waals surface area contributed by atoms with Crippen LogP contribution < -0.4 is 21.7 Å². The fourth-order valence-electron chi connectivity index (χ4n) is 5.04. The highest BCUT2D eigenvalue weighted by atomic mass is 19.1. The van der Waals surface area contributed by atoms with Crippen LogP contribution in [0.3, 0.4) is 0 Å². The zero-order valence-corrected chi connectivity index (χ0v) is 20.5. The molecule has 3 rings (SSSR count). The van der Waals surface area contributed by atoms with Crippen molar-refractivity contribution in [1.29, 1.82) is 0 Å². The van der Waals surface area contributed by atoms with Crippen LogP contribution in [-0.2, 0) is 14.4 Å². The van der Waals surface area contributed by atoms with Gasteiger partial charge >= 0.3 is 6.03 Å². The fourth-order valence-corrected chi connectivity index (χ4v) is 5.04. The predicted molar refractivity (Wildman–Crippen MR) is 131 cm³/mol. The van der Waals surface area contributed by atoms with E-state index in [9.17, 15) is 28.7 Å². The number of rotatable bonds is 8. The van der Waals surface area contributed by atoms with Crippen molar-refractivity contribution >= 4 is 29.4 Å². The summed E-state index contributed by atoms with van der Waals surface area (Å²) in [5.41, 5.74) is 5.86. The summed E-state index contributed by atoms with van der Waals surface area (Å²) >= 11 is 0. The van der Waals surface area contributed by atoms with Gasteiger partial charge in [0.15, 0.2) is 0 Å². The topological polar surface area (TPSA) is 154 Å². The fraction of sp³-hybridized carbons (Fsp3) is 0.600. The minimum absolute atomic E-state index is 0.0791. The Labute approximate surface area is 210 Å². The van der Waals surface area contributed by atoms with Crippen LogP contribution in [0.5, 0.6) is 0 Å². The van der Waals surface area contributed by atoms with Crippen molar-refractivity contribution in [2.24, 2.45) is 11.7 Å². The predicted octanol–water partition coefficient (Wildman–Crippen LogP) is 1.63. The molecule has 0 unspecified atom stereocenters. The van der Waals surface area contributed by atoms with Crippen LogP contribution >= 0.6 is 0 Å². The summed E-state index contributed by atoms with van der Waals surface area (Å²) in [5, 5.41) is 17.9. The number of likely N-dealkylation sites (tertiary alicyclic amines) is 1. The molecule has 6 N–H and O–H groups in total. The molecule has 0 radical (unpaired) electrons. The third kappa shape index (κ3) is 7.64. The lowest BCUT2D eigenvalue weighted by Gasteiger charge is -2.40. The monoisotopic (exact) mass is 505 g/mol. The smallest absolute Gasteiger partial charge is 0.319 e. The Balaban J connectivity index is 1.67. The number of primary amides is 1. The quantitative estimate of drug-likeness (QED) is 0.363. The number of hydrogen-bond acceptors (Lipinski definition) is 5. The van der Waals surface area contributed by atoms with Crippen LogP contribution in [0.4, 0.5) is 14.9 Å². The van der Waals surface area contributed by atoms with Gasteiger partial charge in [-0.05, 0) is 50.3 Å². The summed E-state index contributed by atoms with van der Waals surface area (Å²) in [4.78, 5) is 51.8. The number of aliphatic hydroxyl groups is 1. The molecule has 0 aromatic heterocycles. The summed E-state index contributed by atoms with van der Waals surface area (Å²) in [6, 6.07) is 2.52. The van der Waals surface area contributed by atoms with Crippen LogP contribution in [0.25, 0.3) is 0 Å². The maximum atomic E-state index is 13.4. The Morgan fingerprint density at radius 2 is 1.89 bits per heavy atom. The van der Waals surface area contributed by atoms with Gasteiger partial charge in [0.05, 0.1) is 0 Å². The second-order valence-electron chi connectivity index (χ2n) is 9.76. The van der Waals surface area contributed by atoms with Gasteiger partial charge in [-0.25, -0.2) is 9.18 Å². The average molecular weight is 506 g/mol. The highest BCUT2D eigenvalue weighted by Crippen LogP contribution is 2.28. The third-order valence-corrected chi connectivity index (χ3v) is 6.92. The van der Waals surface area contributed by atoms with E-state index in [0.717, 1.165) is 32.1 Å². The molecule has 0 bridgehead atoms. The molecule has 1 aliphatic carbocycles. The zero-order chi connectivity index (χ0) is 26.2. The molecule has 2 fully saturated rings. The maximum absolute atomic E-state index is 13.4. The molecule has 1 heterocycles. The molecule has 1 aliphatic heterocycles. The molecule has 10 nitrogen and oxygen atoms in total. The molecule has 1 saturated heterocycles. The van der Waals surface area contributed by atoms with Crippen molar-refractivity contribution in [2.75, 3.05) is 11.9 Å². The SMILES string of the molecule is C[C@H](O)C(=O)N1CC[C@H](NC(=O)Nc2cccc(F)c2)C[C@H]1C(=O)N[C@@H](CC1CCCCC1)C(N)=O. The maximum Gasteiger partial charge on any atom is 0.319 e. The number of nitrogens with one attached hydrogen (secondary N) is 3. The van der Waals surface area contributed by atoms with Gasteiger partial charge in [-0.2, -0.15) is 0 Å². The molecular weight excluding hydrogens is 469 g/mol. The van der Waals surface area contributed by atoms with Crippen molar-refractivity contribution in [3.8, 4) is 0 Å². The average Bonchev–Trinajstić information content (AvgIpc) is 2.83. The minimum atomic E-state index is -1.31. The van der Waals surface area contributed by atoms with E-state index in [4.69, 9.17) is 5.73 Å². The van der Waals surface area contributed by atoms with E-state index in [1.165, 1.54) is 30.0 Å². The second kappa shape index (κ2) is 12.7. The first-order valence-electron chi connectivity index (χ1n) is 12.6. The molecule has 1 aromatic carbocycles. The van der Waals surface area contributed by atoms with Crippen molar-refractivity contribution in [3.05, 3.63) is 30.1 Å². The number of benzene rings is 1. The summed E-state index contributed by atoms with van der Waals surface area (Å²) in [7, 11) is 0. The number of nitrogens with zero attached hydrogens (tertiary/aromatic N) is 1. The van der Waals surface area contributed by atoms with Gasteiger partial charge in [-0.3, -0.25) is 14.4 Å². The van der Waals surface area contributed by atoms with Gasteiger partial charge in [-0.1, -0.05) is 38.2 Å². The molecule has 1 aromatic rings. The van der Waals surface area contributed by atoms with Gasteiger partial charge in [0.1, 0.15) is 24.0 Å². The number of aliphatic hydroxyl groups excluding tert-OH is 1. The van der Waals surface area contributed by atoms with Crippen molar-refractivity contribution in [3.63, 3.8) is 0 Å². The Morgan fingerprint density at radius 3 is 2.53 bits per heavy atom. The standard InChI is InChI=1S/C25H36FN5O5/c1-15(32)24(35)31-11-10-19(29-25(36)28-18-9-5-8-17(26)13-18)14-21(31)23(34)30-20(22(27)33)12-16-6-3-2-4-7-16/h5,8-9,13,15-16,19-21,32H,2-4,6-7,10-12,14H2,1H3,(H2,27,33)(H,30,34)(H2,28,29,36)/t15-,19-,20-,21-/m0/s1. The summed E-state index contributed by atoms with van der Waals surface area (Å²) in [6.45, 7) is 1.44. The van der Waals surface area contributed by atoms with E-state index in [1.54, 1.807) is 6.07 Å². The van der Waals surface area contributed by atoms with Crippen LogP contribution in [0.15, 0.2) is 24.3 Å². The van der Waals surface area contributed by atoms with E-state index < -0.39 is 53.8 Å². The van der Waals surface area contributed by atoms with E-state index in [0.29, 0.717) is 18.8 Å². The normalized spacial score (nSPS) is 22.2. The molecule has 2 aliphatic rings. The molecule has 1 saturated carbocycles. The Kier molecular flexibility index (Phi) is 9.63. The number of nitrogens with two attached hydrogens (primary N) is 1. The van der Waals surface area contributed by atoms with Gasteiger partial charge in [0.25, 0.3) is 5.91 Å². The molecular formula is C25H36FN5O5. The number of carbonyl (C=O) groups is 4. The summed E-state index contributed by atoms with van der Waals surface area (Å²) in [6.07, 6.45) is 4.82. The molecule has 198 valence electrons. The largest absolute Gasteiger partial charge is 0.384 e. The van der Waals surface area contributed by atoms with Crippen molar-refractivity contribution in [1.82, 2.24) is 15.5 Å². The van der Waals surface area contributed by atoms with E-state index in [1.807, 2.05) is 0 Å². The lowest BCUT2D eigenvalue weighted by molar-refractivity contribution is -0.149. The van der Waals surface area contributed by atoms with Gasteiger partial charge in [0, 0.05) is 18.3 Å². The lowest BCUT2D eigenvalue weighted by atomic mass is 9.84. The lowest BCUT2D eigenvalue weighted by Crippen LogP contribution is -2.61. The highest BCUT2D eigenvalue weighted by molar-refractivity contribution is 5.93. The molecule has 11 heteroatoms. The number of anilines is 1. The number of halogens is 1. The number of amides is 5. The van der Waals surface area contributed by atoms with Crippen molar-refractivity contribution in [2.45, 2.75) is 82.5 Å². The van der Waals surface area contributed by atoms with Crippen LogP contribution in [0.2, 0.25) is 0 Å². The Hall–Kier alpha value is -3.21. The zero-order valence-electron chi connectivity index (χ0n) is 20.5. The number of urea groups is 1. The first kappa shape index (κ1) is 27.4. The summed E-state index contributed by atoms with van der Waals surface area (Å²) < 4.78 is 13.4. The van der Waals surface area contributed by atoms with Crippen LogP contribution in [-0.4, -0.2) is 64.5 Å². The number of piperidine rings is 1. The summed E-state index contributed by atoms with van der Waals surface area (Å²) in [5.74, 6) is -2.01. The van der Waals surface area contributed by atoms with E-state index in [2.05, 4.69) is 16.0 Å². The second-order valence-corrected chi connectivity index (χ2v) is 9.76. The Morgan fingerprint density at radius 1 is 1.17 bits per heavy atom. The van der Waals surface area contributed by atoms with Crippen molar-refractivity contribution < 1.29 is 28.7 Å². The number of carbonyl (C=O) groups excluding carboxylic acids is 4. The van der Waals surface area contributed by atoms with Gasteiger partial charge < -0.3 is 31.7 Å². The minimum Gasteiger partial charge on any atom is -0.384 e. The van der Waals surface area contributed by atoms with E-state index in [-0.39, 0.29) is 18.7 Å². The third-order valence-electron chi connectivity index (χ3n) is 6.92. The first-order chi connectivity index (χ1) is 17.1. The van der Waals surface area contributed by atoms with Gasteiger partial charge in [-0.15, -0.1) is 0 Å². The van der Waals surface area contributed by atoms with Gasteiger partial charge in [0.2, 0.25) is 11.8 Å². The first-order valence-corrected chi connectivity index (χ1v) is 12.6.